The molecule has 3 nitrogen and oxygen atoms in total. The minimum Gasteiger partial charge on any atom is -0.352 e. The van der Waals surface area contributed by atoms with Crippen molar-refractivity contribution in [3.05, 3.63) is 34.1 Å². The summed E-state index contributed by atoms with van der Waals surface area (Å²) in [7, 11) is 0. The van der Waals surface area contributed by atoms with Crippen molar-refractivity contribution < 1.29 is 14.1 Å². The number of rotatable bonds is 5. The molecule has 1 heterocycles. The molecule has 2 N–H and O–H groups in total. The molecule has 116 valence electrons. The van der Waals surface area contributed by atoms with Crippen molar-refractivity contribution in [1.82, 2.24) is 5.32 Å². The van der Waals surface area contributed by atoms with Crippen LogP contribution in [0, 0.1) is 5.82 Å². The molecule has 0 saturated carbocycles. The molecule has 0 radical (unpaired) electrons. The Hall–Kier alpha value is -0.940. The zero-order chi connectivity index (χ0) is 15.2. The van der Waals surface area contributed by atoms with E-state index in [9.17, 15) is 9.18 Å². The second kappa shape index (κ2) is 7.90. The van der Waals surface area contributed by atoms with Crippen molar-refractivity contribution in [3.8, 4) is 0 Å². The number of halogens is 2. The van der Waals surface area contributed by atoms with Gasteiger partial charge in [0, 0.05) is 17.4 Å². The molecule has 21 heavy (non-hydrogen) atoms. The van der Waals surface area contributed by atoms with Gasteiger partial charge in [-0.05, 0) is 44.4 Å². The average Bonchev–Trinajstić information content (AvgIpc) is 2.47. The Labute approximate surface area is 134 Å². The summed E-state index contributed by atoms with van der Waals surface area (Å²) in [5.74, 6) is -0.818. The van der Waals surface area contributed by atoms with E-state index < -0.39 is 5.82 Å². The van der Waals surface area contributed by atoms with E-state index in [-0.39, 0.29) is 11.5 Å². The monoisotopic (exact) mass is 357 g/mol. The summed E-state index contributed by atoms with van der Waals surface area (Å²) in [6.07, 6.45) is 4.87. The quantitative estimate of drug-likeness (QED) is 0.778. The van der Waals surface area contributed by atoms with E-state index >= 15 is 0 Å². The first-order chi connectivity index (χ1) is 10.1. The Kier molecular flexibility index (Phi) is 6.18. The third-order valence-electron chi connectivity index (χ3n) is 4.22. The number of hydrogen-bond acceptors (Lipinski definition) is 1. The molecule has 1 aliphatic heterocycles. The van der Waals surface area contributed by atoms with Gasteiger partial charge in [-0.25, -0.2) is 4.39 Å². The van der Waals surface area contributed by atoms with Gasteiger partial charge in [0.05, 0.1) is 24.7 Å². The van der Waals surface area contributed by atoms with Crippen molar-refractivity contribution in [2.45, 2.75) is 38.6 Å². The number of carbonyl (C=O) groups excluding carboxylic acids is 1. The van der Waals surface area contributed by atoms with Crippen molar-refractivity contribution >= 4 is 21.8 Å². The highest BCUT2D eigenvalue weighted by atomic mass is 79.9. The summed E-state index contributed by atoms with van der Waals surface area (Å²) in [5, 5.41) is 2.81. The third kappa shape index (κ3) is 4.78. The largest absolute Gasteiger partial charge is 0.352 e. The molecule has 0 spiro atoms. The van der Waals surface area contributed by atoms with Crippen LogP contribution in [0.15, 0.2) is 22.7 Å². The second-order valence-corrected chi connectivity index (χ2v) is 6.70. The highest BCUT2D eigenvalue weighted by Crippen LogP contribution is 2.15. The van der Waals surface area contributed by atoms with Crippen LogP contribution in [-0.2, 0) is 0 Å². The van der Waals surface area contributed by atoms with Gasteiger partial charge in [0.15, 0.2) is 0 Å². The number of benzene rings is 1. The fraction of sp³-hybridized carbons (Fsp3) is 0.562. The SMILES string of the molecule is C[C@@H]1CCCC[NH+]1CCCNC(=O)c1cc(Br)ccc1F. The molecule has 1 aliphatic rings. The number of nitrogens with one attached hydrogen (secondary N) is 2. The fourth-order valence-corrected chi connectivity index (χ4v) is 3.27. The van der Waals surface area contributed by atoms with Crippen LogP contribution in [0.3, 0.4) is 0 Å². The van der Waals surface area contributed by atoms with E-state index in [4.69, 9.17) is 0 Å². The van der Waals surface area contributed by atoms with Gasteiger partial charge in [-0.2, -0.15) is 0 Å². The first-order valence-corrected chi connectivity index (χ1v) is 8.45. The Bertz CT molecular complexity index is 495. The summed E-state index contributed by atoms with van der Waals surface area (Å²) in [4.78, 5) is 13.6. The number of quaternary nitrogens is 1. The Morgan fingerprint density at radius 1 is 1.48 bits per heavy atom. The van der Waals surface area contributed by atoms with Crippen LogP contribution in [0.4, 0.5) is 4.39 Å². The zero-order valence-corrected chi connectivity index (χ0v) is 14.0. The van der Waals surface area contributed by atoms with Crippen LogP contribution in [0.2, 0.25) is 0 Å². The van der Waals surface area contributed by atoms with Gasteiger partial charge in [0.25, 0.3) is 5.91 Å². The molecule has 2 atom stereocenters. The summed E-state index contributed by atoms with van der Waals surface area (Å²) in [6.45, 7) is 5.20. The van der Waals surface area contributed by atoms with E-state index in [2.05, 4.69) is 28.2 Å². The highest BCUT2D eigenvalue weighted by molar-refractivity contribution is 9.10. The number of piperidine rings is 1. The molecule has 1 aromatic rings. The highest BCUT2D eigenvalue weighted by Gasteiger charge is 2.21. The molecular weight excluding hydrogens is 335 g/mol. The molecule has 0 aromatic heterocycles. The molecule has 1 unspecified atom stereocenters. The van der Waals surface area contributed by atoms with Gasteiger partial charge >= 0.3 is 0 Å². The van der Waals surface area contributed by atoms with E-state index in [1.807, 2.05) is 0 Å². The molecular formula is C16H23BrFN2O+. The Morgan fingerprint density at radius 2 is 2.29 bits per heavy atom. The van der Waals surface area contributed by atoms with Crippen LogP contribution in [-0.4, -0.2) is 31.6 Å². The van der Waals surface area contributed by atoms with Gasteiger partial charge in [-0.3, -0.25) is 4.79 Å². The summed E-state index contributed by atoms with van der Waals surface area (Å²) >= 11 is 3.26. The lowest BCUT2D eigenvalue weighted by Crippen LogP contribution is -3.16. The standard InChI is InChI=1S/C16H22BrFN2O/c1-12-5-2-3-9-20(12)10-4-8-19-16(21)14-11-13(17)6-7-15(14)18/h6-7,11-12H,2-5,8-10H2,1H3,(H,19,21)/p+1/t12-/m1/s1. The van der Waals surface area contributed by atoms with Gasteiger partial charge in [0.2, 0.25) is 0 Å². The molecule has 5 heteroatoms. The molecule has 2 rings (SSSR count). The first kappa shape index (κ1) is 16.4. The molecule has 1 aromatic carbocycles. The normalized spacial score (nSPS) is 22.0. The van der Waals surface area contributed by atoms with Crippen molar-refractivity contribution in [2.75, 3.05) is 19.6 Å². The minimum absolute atomic E-state index is 0.100. The molecule has 0 aliphatic carbocycles. The smallest absolute Gasteiger partial charge is 0.254 e. The molecule has 0 bridgehead atoms. The first-order valence-electron chi connectivity index (χ1n) is 7.66. The lowest BCUT2D eigenvalue weighted by Gasteiger charge is -2.30. The van der Waals surface area contributed by atoms with E-state index in [0.717, 1.165) is 19.0 Å². The maximum atomic E-state index is 13.6. The second-order valence-electron chi connectivity index (χ2n) is 5.79. The predicted molar refractivity (Wildman–Crippen MR) is 85.1 cm³/mol. The lowest BCUT2D eigenvalue weighted by molar-refractivity contribution is -0.928. The van der Waals surface area contributed by atoms with E-state index in [0.29, 0.717) is 11.0 Å². The Morgan fingerprint density at radius 3 is 3.05 bits per heavy atom. The topological polar surface area (TPSA) is 33.5 Å². The number of amides is 1. The van der Waals surface area contributed by atoms with Crippen molar-refractivity contribution in [3.63, 3.8) is 0 Å². The number of hydrogen-bond donors (Lipinski definition) is 2. The third-order valence-corrected chi connectivity index (χ3v) is 4.71. The average molecular weight is 358 g/mol. The lowest BCUT2D eigenvalue weighted by atomic mass is 10.0. The van der Waals surface area contributed by atoms with E-state index in [1.54, 1.807) is 11.0 Å². The summed E-state index contributed by atoms with van der Waals surface area (Å²) < 4.78 is 14.3. The summed E-state index contributed by atoms with van der Waals surface area (Å²) in [5.41, 5.74) is 0.100. The van der Waals surface area contributed by atoms with E-state index in [1.165, 1.54) is 37.9 Å². The molecule has 1 fully saturated rings. The van der Waals surface area contributed by atoms with Crippen molar-refractivity contribution in [1.29, 1.82) is 0 Å². The summed E-state index contributed by atoms with van der Waals surface area (Å²) in [6, 6.07) is 5.13. The Balaban J connectivity index is 1.75. The maximum Gasteiger partial charge on any atom is 0.254 e. The van der Waals surface area contributed by atoms with Crippen molar-refractivity contribution in [2.24, 2.45) is 0 Å². The molecule has 1 amide bonds. The van der Waals surface area contributed by atoms with Crippen LogP contribution in [0.5, 0.6) is 0 Å². The van der Waals surface area contributed by atoms with Crippen LogP contribution < -0.4 is 10.2 Å². The fourth-order valence-electron chi connectivity index (χ4n) is 2.91. The predicted octanol–water partition coefficient (Wildman–Crippen LogP) is 2.17. The van der Waals surface area contributed by atoms with Crippen LogP contribution >= 0.6 is 15.9 Å². The number of likely N-dealkylation sites (tertiary alicyclic amines) is 1. The van der Waals surface area contributed by atoms with Gasteiger partial charge < -0.3 is 10.2 Å². The maximum absolute atomic E-state index is 13.6. The van der Waals surface area contributed by atoms with Gasteiger partial charge in [-0.1, -0.05) is 15.9 Å². The van der Waals surface area contributed by atoms with Crippen LogP contribution in [0.1, 0.15) is 43.0 Å². The zero-order valence-electron chi connectivity index (χ0n) is 12.4. The minimum atomic E-state index is -0.481. The van der Waals surface area contributed by atoms with Crippen LogP contribution in [0.25, 0.3) is 0 Å². The number of carbonyl (C=O) groups is 1. The van der Waals surface area contributed by atoms with Gasteiger partial charge in [-0.15, -0.1) is 0 Å². The molecule has 1 saturated heterocycles. The van der Waals surface area contributed by atoms with Gasteiger partial charge in [0.1, 0.15) is 5.82 Å².